The molecule has 0 aliphatic carbocycles. The Bertz CT molecular complexity index is 802. The Morgan fingerprint density at radius 2 is 1.90 bits per heavy atom. The molecule has 0 amide bonds. The van der Waals surface area contributed by atoms with Crippen LogP contribution in [0.15, 0.2) is 48.7 Å². The van der Waals surface area contributed by atoms with Gasteiger partial charge in [0.1, 0.15) is 11.6 Å². The van der Waals surface area contributed by atoms with E-state index in [1.54, 1.807) is 19.2 Å². The van der Waals surface area contributed by atoms with Crippen molar-refractivity contribution < 1.29 is 14.2 Å². The molecular weight excluding hydrogens is 269 g/mol. The van der Waals surface area contributed by atoms with Crippen molar-refractivity contribution in [1.29, 1.82) is 0 Å². The standard InChI is InChI=1S/C17H14FNO2/c1-11-8-13(18)6-7-16(11)21-17-15-5-3-2-4-14(15)12(10-20)9-19-17/h2-9,20H,10H2,1H3. The maximum atomic E-state index is 13.1. The van der Waals surface area contributed by atoms with Gasteiger partial charge in [-0.05, 0) is 42.1 Å². The van der Waals surface area contributed by atoms with Crippen LogP contribution in [0.2, 0.25) is 0 Å². The van der Waals surface area contributed by atoms with Crippen molar-refractivity contribution in [2.24, 2.45) is 0 Å². The first kappa shape index (κ1) is 13.5. The van der Waals surface area contributed by atoms with Crippen molar-refractivity contribution in [2.75, 3.05) is 0 Å². The number of halogens is 1. The van der Waals surface area contributed by atoms with E-state index in [9.17, 15) is 9.50 Å². The summed E-state index contributed by atoms with van der Waals surface area (Å²) in [4.78, 5) is 4.26. The molecule has 0 saturated heterocycles. The third kappa shape index (κ3) is 2.58. The molecule has 2 aromatic carbocycles. The van der Waals surface area contributed by atoms with Crippen molar-refractivity contribution in [3.8, 4) is 11.6 Å². The number of hydrogen-bond donors (Lipinski definition) is 1. The van der Waals surface area contributed by atoms with Crippen LogP contribution in [0.5, 0.6) is 11.6 Å². The molecule has 0 aliphatic rings. The molecule has 1 aromatic heterocycles. The molecule has 3 aromatic rings. The molecule has 0 aliphatic heterocycles. The minimum absolute atomic E-state index is 0.0800. The van der Waals surface area contributed by atoms with Gasteiger partial charge in [-0.15, -0.1) is 0 Å². The zero-order valence-corrected chi connectivity index (χ0v) is 11.5. The molecule has 0 bridgehead atoms. The van der Waals surface area contributed by atoms with Gasteiger partial charge in [-0.1, -0.05) is 18.2 Å². The number of ether oxygens (including phenoxy) is 1. The van der Waals surface area contributed by atoms with Crippen LogP contribution >= 0.6 is 0 Å². The number of fused-ring (bicyclic) bond motifs is 1. The summed E-state index contributed by atoms with van der Waals surface area (Å²) >= 11 is 0. The van der Waals surface area contributed by atoms with Gasteiger partial charge < -0.3 is 9.84 Å². The van der Waals surface area contributed by atoms with Crippen molar-refractivity contribution in [3.05, 3.63) is 65.6 Å². The van der Waals surface area contributed by atoms with E-state index < -0.39 is 0 Å². The number of aryl methyl sites for hydroxylation is 1. The third-order valence-electron chi connectivity index (χ3n) is 3.36. The predicted molar refractivity (Wildman–Crippen MR) is 78.9 cm³/mol. The highest BCUT2D eigenvalue weighted by atomic mass is 19.1. The summed E-state index contributed by atoms with van der Waals surface area (Å²) < 4.78 is 19.0. The fraction of sp³-hybridized carbons (Fsp3) is 0.118. The van der Waals surface area contributed by atoms with Crippen LogP contribution in [0, 0.1) is 12.7 Å². The average molecular weight is 283 g/mol. The van der Waals surface area contributed by atoms with E-state index in [0.29, 0.717) is 17.2 Å². The highest BCUT2D eigenvalue weighted by Crippen LogP contribution is 2.31. The fourth-order valence-corrected chi connectivity index (χ4v) is 2.26. The van der Waals surface area contributed by atoms with E-state index in [2.05, 4.69) is 4.98 Å². The minimum Gasteiger partial charge on any atom is -0.438 e. The van der Waals surface area contributed by atoms with Gasteiger partial charge in [-0.25, -0.2) is 9.37 Å². The van der Waals surface area contributed by atoms with Crippen LogP contribution in [-0.2, 0) is 6.61 Å². The summed E-state index contributed by atoms with van der Waals surface area (Å²) in [6.07, 6.45) is 1.59. The predicted octanol–water partition coefficient (Wildman–Crippen LogP) is 3.97. The molecule has 3 nitrogen and oxygen atoms in total. The smallest absolute Gasteiger partial charge is 0.227 e. The molecule has 0 fully saturated rings. The Labute approximate surface area is 121 Å². The molecule has 0 unspecified atom stereocenters. The first-order valence-corrected chi connectivity index (χ1v) is 6.60. The average Bonchev–Trinajstić information content (AvgIpc) is 2.50. The summed E-state index contributed by atoms with van der Waals surface area (Å²) in [6.45, 7) is 1.70. The van der Waals surface area contributed by atoms with Gasteiger partial charge in [0.25, 0.3) is 0 Å². The Morgan fingerprint density at radius 1 is 1.14 bits per heavy atom. The number of pyridine rings is 1. The van der Waals surface area contributed by atoms with Gasteiger partial charge in [0.2, 0.25) is 5.88 Å². The summed E-state index contributed by atoms with van der Waals surface area (Å²) in [5, 5.41) is 11.1. The topological polar surface area (TPSA) is 42.4 Å². The SMILES string of the molecule is Cc1cc(F)ccc1Oc1ncc(CO)c2ccccc12. The molecule has 1 heterocycles. The summed E-state index contributed by atoms with van der Waals surface area (Å²) in [5.74, 6) is 0.705. The lowest BCUT2D eigenvalue weighted by molar-refractivity contribution is 0.282. The van der Waals surface area contributed by atoms with Gasteiger partial charge in [-0.2, -0.15) is 0 Å². The summed E-state index contributed by atoms with van der Waals surface area (Å²) in [6, 6.07) is 11.9. The Morgan fingerprint density at radius 3 is 2.62 bits per heavy atom. The summed E-state index contributed by atoms with van der Waals surface area (Å²) in [5.41, 5.74) is 1.45. The number of rotatable bonds is 3. The Kier molecular flexibility index (Phi) is 3.54. The first-order chi connectivity index (χ1) is 10.2. The van der Waals surface area contributed by atoms with E-state index >= 15 is 0 Å². The van der Waals surface area contributed by atoms with Crippen LogP contribution in [0.4, 0.5) is 4.39 Å². The number of nitrogens with zero attached hydrogens (tertiary/aromatic N) is 1. The van der Waals surface area contributed by atoms with Crippen molar-refractivity contribution in [1.82, 2.24) is 4.98 Å². The molecule has 106 valence electrons. The number of aliphatic hydroxyl groups excluding tert-OH is 1. The number of benzene rings is 2. The van der Waals surface area contributed by atoms with Crippen molar-refractivity contribution in [2.45, 2.75) is 13.5 Å². The second kappa shape index (κ2) is 5.50. The second-order valence-corrected chi connectivity index (χ2v) is 4.80. The highest BCUT2D eigenvalue weighted by Gasteiger charge is 2.10. The molecule has 0 saturated carbocycles. The van der Waals surface area contributed by atoms with Crippen LogP contribution in [0.25, 0.3) is 10.8 Å². The molecule has 0 spiro atoms. The van der Waals surface area contributed by atoms with Gasteiger partial charge >= 0.3 is 0 Å². The summed E-state index contributed by atoms with van der Waals surface area (Å²) in [7, 11) is 0. The van der Waals surface area contributed by atoms with E-state index in [1.165, 1.54) is 12.1 Å². The minimum atomic E-state index is -0.298. The van der Waals surface area contributed by atoms with Gasteiger partial charge in [0, 0.05) is 17.1 Å². The number of hydrogen-bond acceptors (Lipinski definition) is 3. The quantitative estimate of drug-likeness (QED) is 0.791. The lowest BCUT2D eigenvalue weighted by Gasteiger charge is -2.11. The van der Waals surface area contributed by atoms with Crippen LogP contribution in [-0.4, -0.2) is 10.1 Å². The normalized spacial score (nSPS) is 10.8. The zero-order chi connectivity index (χ0) is 14.8. The van der Waals surface area contributed by atoms with Gasteiger partial charge in [0.15, 0.2) is 0 Å². The zero-order valence-electron chi connectivity index (χ0n) is 11.5. The van der Waals surface area contributed by atoms with Crippen LogP contribution in [0.1, 0.15) is 11.1 Å². The lowest BCUT2D eigenvalue weighted by atomic mass is 10.1. The third-order valence-corrected chi connectivity index (χ3v) is 3.36. The van der Waals surface area contributed by atoms with Crippen molar-refractivity contribution in [3.63, 3.8) is 0 Å². The fourth-order valence-electron chi connectivity index (χ4n) is 2.26. The van der Waals surface area contributed by atoms with Crippen LogP contribution < -0.4 is 4.74 Å². The monoisotopic (exact) mass is 283 g/mol. The molecule has 0 atom stereocenters. The van der Waals surface area contributed by atoms with Crippen LogP contribution in [0.3, 0.4) is 0 Å². The maximum Gasteiger partial charge on any atom is 0.227 e. The largest absolute Gasteiger partial charge is 0.438 e. The van der Waals surface area contributed by atoms with Crippen molar-refractivity contribution >= 4 is 10.8 Å². The molecule has 3 rings (SSSR count). The Hall–Kier alpha value is -2.46. The van der Waals surface area contributed by atoms with E-state index in [0.717, 1.165) is 16.3 Å². The van der Waals surface area contributed by atoms with Gasteiger partial charge in [-0.3, -0.25) is 0 Å². The highest BCUT2D eigenvalue weighted by molar-refractivity contribution is 5.89. The molecule has 1 N–H and O–H groups in total. The molecule has 21 heavy (non-hydrogen) atoms. The molecule has 4 heteroatoms. The number of aliphatic hydroxyl groups is 1. The molecular formula is C17H14FNO2. The second-order valence-electron chi connectivity index (χ2n) is 4.80. The van der Waals surface area contributed by atoms with E-state index in [1.807, 2.05) is 24.3 Å². The number of aromatic nitrogens is 1. The first-order valence-electron chi connectivity index (χ1n) is 6.60. The van der Waals surface area contributed by atoms with E-state index in [4.69, 9.17) is 4.74 Å². The maximum absolute atomic E-state index is 13.1. The van der Waals surface area contributed by atoms with E-state index in [-0.39, 0.29) is 12.4 Å². The Balaban J connectivity index is 2.09. The van der Waals surface area contributed by atoms with Gasteiger partial charge in [0.05, 0.1) is 6.61 Å². The lowest BCUT2D eigenvalue weighted by Crippen LogP contribution is -1.95. The molecule has 0 radical (unpaired) electrons.